The largest absolute Gasteiger partial charge is 0.319 e. The lowest BCUT2D eigenvalue weighted by Crippen LogP contribution is -2.16. The number of aromatic nitrogens is 2. The number of amides is 1. The molecule has 1 aromatic carbocycles. The van der Waals surface area contributed by atoms with Crippen molar-refractivity contribution in [1.29, 1.82) is 5.26 Å². The van der Waals surface area contributed by atoms with Crippen LogP contribution in [0.4, 0.5) is 5.69 Å². The molecule has 1 aromatic heterocycles. The Bertz CT molecular complexity index is 642. The Morgan fingerprint density at radius 3 is 2.83 bits per heavy atom. The number of halogens is 1. The van der Waals surface area contributed by atoms with Crippen molar-refractivity contribution in [3.8, 4) is 6.07 Å². The predicted molar refractivity (Wildman–Crippen MR) is 67.3 cm³/mol. The van der Waals surface area contributed by atoms with Gasteiger partial charge in [0.05, 0.1) is 22.3 Å². The van der Waals surface area contributed by atoms with E-state index < -0.39 is 0 Å². The summed E-state index contributed by atoms with van der Waals surface area (Å²) in [5.41, 5.74) is 1.33. The molecule has 0 bridgehead atoms. The monoisotopic (exact) mass is 260 g/mol. The van der Waals surface area contributed by atoms with Gasteiger partial charge < -0.3 is 5.32 Å². The first-order valence-corrected chi connectivity index (χ1v) is 5.48. The van der Waals surface area contributed by atoms with Crippen molar-refractivity contribution in [2.75, 3.05) is 5.32 Å². The zero-order valence-corrected chi connectivity index (χ0v) is 10.3. The van der Waals surface area contributed by atoms with Crippen LogP contribution in [0.25, 0.3) is 0 Å². The molecule has 0 saturated carbocycles. The van der Waals surface area contributed by atoms with E-state index in [9.17, 15) is 4.79 Å². The van der Waals surface area contributed by atoms with Crippen molar-refractivity contribution in [1.82, 2.24) is 9.78 Å². The Labute approximate surface area is 109 Å². The zero-order chi connectivity index (χ0) is 13.1. The van der Waals surface area contributed by atoms with E-state index in [0.717, 1.165) is 0 Å². The fourth-order valence-electron chi connectivity index (χ4n) is 1.47. The summed E-state index contributed by atoms with van der Waals surface area (Å²) >= 11 is 5.97. The first-order valence-electron chi connectivity index (χ1n) is 5.11. The van der Waals surface area contributed by atoms with Crippen molar-refractivity contribution in [3.63, 3.8) is 0 Å². The highest BCUT2D eigenvalue weighted by molar-refractivity contribution is 6.34. The molecule has 6 heteroatoms. The molecule has 1 amide bonds. The van der Waals surface area contributed by atoms with Crippen molar-refractivity contribution < 1.29 is 4.79 Å². The van der Waals surface area contributed by atoms with Crippen LogP contribution in [-0.4, -0.2) is 15.7 Å². The van der Waals surface area contributed by atoms with Crippen LogP contribution in [0.5, 0.6) is 0 Å². The molecule has 0 aliphatic carbocycles. The molecule has 1 heterocycles. The molecule has 2 aromatic rings. The molecule has 0 aliphatic rings. The van der Waals surface area contributed by atoms with Gasteiger partial charge in [-0.05, 0) is 24.3 Å². The van der Waals surface area contributed by atoms with Crippen LogP contribution in [0, 0.1) is 11.3 Å². The highest BCUT2D eigenvalue weighted by atomic mass is 35.5. The van der Waals surface area contributed by atoms with Crippen LogP contribution >= 0.6 is 11.6 Å². The topological polar surface area (TPSA) is 70.7 Å². The van der Waals surface area contributed by atoms with Crippen LogP contribution in [0.1, 0.15) is 16.1 Å². The van der Waals surface area contributed by atoms with Gasteiger partial charge in [0.25, 0.3) is 5.91 Å². The third-order valence-electron chi connectivity index (χ3n) is 2.40. The maximum absolute atomic E-state index is 11.9. The van der Waals surface area contributed by atoms with Crippen molar-refractivity contribution in [3.05, 3.63) is 46.7 Å². The van der Waals surface area contributed by atoms with E-state index in [4.69, 9.17) is 16.9 Å². The molecular formula is C12H9ClN4O. The molecule has 18 heavy (non-hydrogen) atoms. The smallest absolute Gasteiger partial charge is 0.273 e. The summed E-state index contributed by atoms with van der Waals surface area (Å²) in [6, 6.07) is 8.26. The Kier molecular flexibility index (Phi) is 3.31. The quantitative estimate of drug-likeness (QED) is 0.900. The first kappa shape index (κ1) is 12.1. The van der Waals surface area contributed by atoms with E-state index in [1.165, 1.54) is 16.9 Å². The molecule has 1 N–H and O–H groups in total. The second kappa shape index (κ2) is 4.90. The molecule has 0 atom stereocenters. The van der Waals surface area contributed by atoms with Crippen molar-refractivity contribution in [2.45, 2.75) is 0 Å². The number of anilines is 1. The molecule has 0 unspecified atom stereocenters. The minimum Gasteiger partial charge on any atom is -0.319 e. The molecular weight excluding hydrogens is 252 g/mol. The molecule has 0 radical (unpaired) electrons. The second-order valence-corrected chi connectivity index (χ2v) is 4.01. The minimum absolute atomic E-state index is 0.304. The number of benzene rings is 1. The van der Waals surface area contributed by atoms with Gasteiger partial charge >= 0.3 is 0 Å². The van der Waals surface area contributed by atoms with E-state index >= 15 is 0 Å². The summed E-state index contributed by atoms with van der Waals surface area (Å²) < 4.78 is 1.47. The maximum atomic E-state index is 11.9. The number of nitrogens with one attached hydrogen (secondary N) is 1. The summed E-state index contributed by atoms with van der Waals surface area (Å²) in [5, 5.41) is 15.6. The SMILES string of the molecule is Cn1nccc1C(=O)Nc1ccc(C#N)cc1Cl. The van der Waals surface area contributed by atoms with Gasteiger partial charge in [0, 0.05) is 13.2 Å². The average molecular weight is 261 g/mol. The summed E-state index contributed by atoms with van der Waals surface area (Å²) in [6.07, 6.45) is 1.54. The highest BCUT2D eigenvalue weighted by Gasteiger charge is 2.11. The summed E-state index contributed by atoms with van der Waals surface area (Å²) in [4.78, 5) is 11.9. The number of hydrogen-bond acceptors (Lipinski definition) is 3. The lowest BCUT2D eigenvalue weighted by molar-refractivity contribution is 0.101. The Morgan fingerprint density at radius 1 is 1.50 bits per heavy atom. The third-order valence-corrected chi connectivity index (χ3v) is 2.71. The molecule has 0 fully saturated rings. The van der Waals surface area contributed by atoms with Crippen LogP contribution in [0.15, 0.2) is 30.5 Å². The molecule has 0 saturated heterocycles. The number of rotatable bonds is 2. The fourth-order valence-corrected chi connectivity index (χ4v) is 1.70. The van der Waals surface area contributed by atoms with Gasteiger partial charge in [-0.2, -0.15) is 10.4 Å². The highest BCUT2D eigenvalue weighted by Crippen LogP contribution is 2.23. The van der Waals surface area contributed by atoms with Gasteiger partial charge in [-0.25, -0.2) is 0 Å². The van der Waals surface area contributed by atoms with Crippen LogP contribution in [-0.2, 0) is 7.05 Å². The normalized spacial score (nSPS) is 9.83. The Hall–Kier alpha value is -2.32. The molecule has 90 valence electrons. The molecule has 0 aliphatic heterocycles. The number of nitrogens with zero attached hydrogens (tertiary/aromatic N) is 3. The number of carbonyl (C=O) groups is 1. The number of aryl methyl sites for hydroxylation is 1. The lowest BCUT2D eigenvalue weighted by atomic mass is 10.2. The van der Waals surface area contributed by atoms with Gasteiger partial charge in [-0.15, -0.1) is 0 Å². The number of carbonyl (C=O) groups excluding carboxylic acids is 1. The zero-order valence-electron chi connectivity index (χ0n) is 9.51. The van der Waals surface area contributed by atoms with Crippen molar-refractivity contribution in [2.24, 2.45) is 7.05 Å². The van der Waals surface area contributed by atoms with E-state index in [1.54, 1.807) is 25.2 Å². The number of nitriles is 1. The van der Waals surface area contributed by atoms with Gasteiger partial charge in [-0.3, -0.25) is 9.48 Å². The van der Waals surface area contributed by atoms with Crippen LogP contribution in [0.3, 0.4) is 0 Å². The van der Waals surface area contributed by atoms with E-state index in [1.807, 2.05) is 6.07 Å². The molecule has 5 nitrogen and oxygen atoms in total. The van der Waals surface area contributed by atoms with Gasteiger partial charge in [0.15, 0.2) is 0 Å². The predicted octanol–water partition coefficient (Wildman–Crippen LogP) is 2.20. The Morgan fingerprint density at radius 2 is 2.28 bits per heavy atom. The average Bonchev–Trinajstić information content (AvgIpc) is 2.78. The molecule has 0 spiro atoms. The van der Waals surface area contributed by atoms with Gasteiger partial charge in [-0.1, -0.05) is 11.6 Å². The Balaban J connectivity index is 2.23. The van der Waals surface area contributed by atoms with E-state index in [0.29, 0.717) is 22.0 Å². The number of hydrogen-bond donors (Lipinski definition) is 1. The van der Waals surface area contributed by atoms with E-state index in [2.05, 4.69) is 10.4 Å². The van der Waals surface area contributed by atoms with Gasteiger partial charge in [0.1, 0.15) is 5.69 Å². The van der Waals surface area contributed by atoms with Crippen LogP contribution < -0.4 is 5.32 Å². The van der Waals surface area contributed by atoms with Crippen LogP contribution in [0.2, 0.25) is 5.02 Å². The van der Waals surface area contributed by atoms with E-state index in [-0.39, 0.29) is 5.91 Å². The molecule has 2 rings (SSSR count). The summed E-state index contributed by atoms with van der Waals surface area (Å²) in [6.45, 7) is 0. The summed E-state index contributed by atoms with van der Waals surface area (Å²) in [5.74, 6) is -0.304. The fraction of sp³-hybridized carbons (Fsp3) is 0.0833. The first-order chi connectivity index (χ1) is 8.61. The standard InChI is InChI=1S/C12H9ClN4O/c1-17-11(4-5-15-17)12(18)16-10-3-2-8(7-14)6-9(10)13/h2-6H,1H3,(H,16,18). The van der Waals surface area contributed by atoms with Gasteiger partial charge in [0.2, 0.25) is 0 Å². The third kappa shape index (κ3) is 2.34. The van der Waals surface area contributed by atoms with Crippen molar-refractivity contribution >= 4 is 23.2 Å². The maximum Gasteiger partial charge on any atom is 0.273 e. The summed E-state index contributed by atoms with van der Waals surface area (Å²) in [7, 11) is 1.68. The second-order valence-electron chi connectivity index (χ2n) is 3.60. The minimum atomic E-state index is -0.304. The lowest BCUT2D eigenvalue weighted by Gasteiger charge is -2.07.